The van der Waals surface area contributed by atoms with E-state index in [1.54, 1.807) is 24.3 Å². The normalized spacial score (nSPS) is 12.8. The van der Waals surface area contributed by atoms with Gasteiger partial charge in [-0.05, 0) is 75.6 Å². The van der Waals surface area contributed by atoms with Crippen molar-refractivity contribution in [2.24, 2.45) is 0 Å². The maximum absolute atomic E-state index is 14.0. The number of sulfonamides is 1. The van der Waals surface area contributed by atoms with Gasteiger partial charge < -0.3 is 10.2 Å². The fourth-order valence-corrected chi connectivity index (χ4v) is 5.64. The minimum Gasteiger partial charge on any atom is -0.352 e. The first kappa shape index (κ1) is 30.8. The van der Waals surface area contributed by atoms with E-state index < -0.39 is 34.3 Å². The molecular formula is C31H38FN3O4S. The molecule has 2 atom stereocenters. The number of rotatable bonds is 12. The van der Waals surface area contributed by atoms with Gasteiger partial charge in [0, 0.05) is 12.6 Å². The molecule has 3 aromatic rings. The van der Waals surface area contributed by atoms with E-state index in [4.69, 9.17) is 0 Å². The Balaban J connectivity index is 2.04. The highest BCUT2D eigenvalue weighted by atomic mass is 32.2. The van der Waals surface area contributed by atoms with E-state index in [9.17, 15) is 22.4 Å². The predicted octanol–water partition coefficient (Wildman–Crippen LogP) is 5.36. The Labute approximate surface area is 237 Å². The Morgan fingerprint density at radius 3 is 1.93 bits per heavy atom. The summed E-state index contributed by atoms with van der Waals surface area (Å²) < 4.78 is 42.2. The third-order valence-electron chi connectivity index (χ3n) is 6.86. The molecular weight excluding hydrogens is 529 g/mol. The van der Waals surface area contributed by atoms with Gasteiger partial charge in [0.15, 0.2) is 0 Å². The number of hydrogen-bond acceptors (Lipinski definition) is 4. The molecule has 40 heavy (non-hydrogen) atoms. The van der Waals surface area contributed by atoms with Gasteiger partial charge in [-0.25, -0.2) is 12.8 Å². The summed E-state index contributed by atoms with van der Waals surface area (Å²) in [5.74, 6) is -1.39. The summed E-state index contributed by atoms with van der Waals surface area (Å²) >= 11 is 0. The summed E-state index contributed by atoms with van der Waals surface area (Å²) in [6, 6.07) is 18.0. The highest BCUT2D eigenvalue weighted by Gasteiger charge is 2.34. The van der Waals surface area contributed by atoms with Crippen LogP contribution in [0, 0.1) is 19.7 Å². The zero-order valence-electron chi connectivity index (χ0n) is 23.7. The molecule has 0 unspecified atom stereocenters. The van der Waals surface area contributed by atoms with Gasteiger partial charge in [0.1, 0.15) is 18.4 Å². The Morgan fingerprint density at radius 2 is 1.40 bits per heavy atom. The van der Waals surface area contributed by atoms with Gasteiger partial charge in [-0.15, -0.1) is 0 Å². The Kier molecular flexibility index (Phi) is 10.5. The number of nitrogens with zero attached hydrogens (tertiary/aromatic N) is 2. The van der Waals surface area contributed by atoms with Gasteiger partial charge in [-0.2, -0.15) is 0 Å². The topological polar surface area (TPSA) is 86.8 Å². The van der Waals surface area contributed by atoms with E-state index in [1.165, 1.54) is 17.0 Å². The molecule has 3 rings (SSSR count). The summed E-state index contributed by atoms with van der Waals surface area (Å²) in [5.41, 5.74) is 3.08. The number of carbonyl (C=O) groups excluding carboxylic acids is 2. The second-order valence-electron chi connectivity index (χ2n) is 10.1. The minimum atomic E-state index is -4.25. The molecule has 0 aliphatic heterocycles. The smallest absolute Gasteiger partial charge is 0.264 e. The Morgan fingerprint density at radius 1 is 0.850 bits per heavy atom. The van der Waals surface area contributed by atoms with E-state index in [2.05, 4.69) is 5.32 Å². The largest absolute Gasteiger partial charge is 0.352 e. The van der Waals surface area contributed by atoms with Crippen molar-refractivity contribution in [3.63, 3.8) is 0 Å². The van der Waals surface area contributed by atoms with Crippen molar-refractivity contribution in [3.8, 4) is 0 Å². The average Bonchev–Trinajstić information content (AvgIpc) is 2.93. The van der Waals surface area contributed by atoms with E-state index in [0.29, 0.717) is 6.42 Å². The lowest BCUT2D eigenvalue weighted by Crippen LogP contribution is -2.53. The zero-order chi connectivity index (χ0) is 29.4. The lowest BCUT2D eigenvalue weighted by atomic mass is 10.1. The van der Waals surface area contributed by atoms with Crippen molar-refractivity contribution in [1.82, 2.24) is 10.2 Å². The van der Waals surface area contributed by atoms with Crippen molar-refractivity contribution in [2.45, 2.75) is 71.0 Å². The Hall–Kier alpha value is -3.72. The van der Waals surface area contributed by atoms with Crippen molar-refractivity contribution in [2.75, 3.05) is 10.8 Å². The molecule has 3 aromatic carbocycles. The van der Waals surface area contributed by atoms with Crippen molar-refractivity contribution in [1.29, 1.82) is 0 Å². The molecule has 0 aliphatic carbocycles. The molecule has 214 valence electrons. The summed E-state index contributed by atoms with van der Waals surface area (Å²) in [5, 5.41) is 2.96. The lowest BCUT2D eigenvalue weighted by molar-refractivity contribution is -0.140. The molecule has 0 radical (unpaired) electrons. The fraction of sp³-hybridized carbons (Fsp3) is 0.355. The molecule has 9 heteroatoms. The number of carbonyl (C=O) groups is 2. The highest BCUT2D eigenvalue weighted by molar-refractivity contribution is 7.92. The average molecular weight is 568 g/mol. The molecule has 0 bridgehead atoms. The molecule has 0 aromatic heterocycles. The molecule has 2 amide bonds. The molecule has 0 saturated heterocycles. The quantitative estimate of drug-likeness (QED) is 0.319. The van der Waals surface area contributed by atoms with E-state index in [-0.39, 0.29) is 29.1 Å². The number of halogens is 1. The molecule has 0 spiro atoms. The fourth-order valence-electron chi connectivity index (χ4n) is 4.22. The molecule has 0 fully saturated rings. The van der Waals surface area contributed by atoms with Gasteiger partial charge >= 0.3 is 0 Å². The van der Waals surface area contributed by atoms with Crippen LogP contribution in [-0.4, -0.2) is 43.8 Å². The second-order valence-corrected chi connectivity index (χ2v) is 11.9. The van der Waals surface area contributed by atoms with Gasteiger partial charge in [-0.1, -0.05) is 61.4 Å². The minimum absolute atomic E-state index is 0.0826. The molecule has 0 heterocycles. The highest BCUT2D eigenvalue weighted by Crippen LogP contribution is 2.25. The number of amides is 2. The summed E-state index contributed by atoms with van der Waals surface area (Å²) in [6.45, 7) is 9.10. The first-order valence-electron chi connectivity index (χ1n) is 13.5. The standard InChI is InChI=1S/C31H38FN3O4S/c1-6-24(5)33-31(37)29(7-2)34(20-25-12-8-22(3)9-13-25)30(36)21-35(27-16-10-23(4)11-17-27)40(38,39)28-18-14-26(32)15-19-28/h8-19,24,29H,6-7,20-21H2,1-5H3,(H,33,37)/t24-,29-/m1/s1. The van der Waals surface area contributed by atoms with Crippen LogP contribution in [0.1, 0.15) is 50.3 Å². The number of aryl methyl sites for hydroxylation is 2. The maximum Gasteiger partial charge on any atom is 0.264 e. The van der Waals surface area contributed by atoms with Crippen LogP contribution in [0.15, 0.2) is 77.7 Å². The van der Waals surface area contributed by atoms with Crippen LogP contribution in [0.5, 0.6) is 0 Å². The Bertz CT molecular complexity index is 1390. The van der Waals surface area contributed by atoms with Gasteiger partial charge in [0.2, 0.25) is 11.8 Å². The summed E-state index contributed by atoms with van der Waals surface area (Å²) in [4.78, 5) is 28.6. The maximum atomic E-state index is 14.0. The summed E-state index contributed by atoms with van der Waals surface area (Å²) in [6.07, 6.45) is 1.07. The number of anilines is 1. The molecule has 0 aliphatic rings. The molecule has 7 nitrogen and oxygen atoms in total. The number of hydrogen-bond donors (Lipinski definition) is 1. The molecule has 0 saturated carbocycles. The number of nitrogens with one attached hydrogen (secondary N) is 1. The first-order chi connectivity index (χ1) is 19.0. The monoisotopic (exact) mass is 567 g/mol. The summed E-state index contributed by atoms with van der Waals surface area (Å²) in [7, 11) is -4.25. The van der Waals surface area contributed by atoms with Crippen LogP contribution in [0.25, 0.3) is 0 Å². The third kappa shape index (κ3) is 7.69. The van der Waals surface area contributed by atoms with Crippen LogP contribution in [0.2, 0.25) is 0 Å². The van der Waals surface area contributed by atoms with Gasteiger partial charge in [0.25, 0.3) is 10.0 Å². The third-order valence-corrected chi connectivity index (χ3v) is 8.65. The van der Waals surface area contributed by atoms with E-state index in [1.807, 2.05) is 58.9 Å². The van der Waals surface area contributed by atoms with E-state index in [0.717, 1.165) is 39.5 Å². The van der Waals surface area contributed by atoms with Crippen LogP contribution >= 0.6 is 0 Å². The zero-order valence-corrected chi connectivity index (χ0v) is 24.5. The first-order valence-corrected chi connectivity index (χ1v) is 14.9. The van der Waals surface area contributed by atoms with Crippen LogP contribution in [-0.2, 0) is 26.2 Å². The number of benzene rings is 3. The molecule has 1 N–H and O–H groups in total. The van der Waals surface area contributed by atoms with Crippen LogP contribution < -0.4 is 9.62 Å². The SMILES string of the molecule is CC[C@@H](C)NC(=O)[C@@H](CC)N(Cc1ccc(C)cc1)C(=O)CN(c1ccc(C)cc1)S(=O)(=O)c1ccc(F)cc1. The van der Waals surface area contributed by atoms with Crippen molar-refractivity contribution < 1.29 is 22.4 Å². The lowest BCUT2D eigenvalue weighted by Gasteiger charge is -2.33. The van der Waals surface area contributed by atoms with Gasteiger partial charge in [-0.3, -0.25) is 13.9 Å². The van der Waals surface area contributed by atoms with Crippen LogP contribution in [0.3, 0.4) is 0 Å². The van der Waals surface area contributed by atoms with Crippen molar-refractivity contribution in [3.05, 3.63) is 95.3 Å². The van der Waals surface area contributed by atoms with Gasteiger partial charge in [0.05, 0.1) is 10.6 Å². The van der Waals surface area contributed by atoms with Crippen molar-refractivity contribution >= 4 is 27.5 Å². The van der Waals surface area contributed by atoms with Crippen LogP contribution in [0.4, 0.5) is 10.1 Å². The predicted molar refractivity (Wildman–Crippen MR) is 156 cm³/mol. The second kappa shape index (κ2) is 13.6. The van der Waals surface area contributed by atoms with E-state index >= 15 is 0 Å².